The van der Waals surface area contributed by atoms with Gasteiger partial charge in [-0.25, -0.2) is 9.69 Å². The van der Waals surface area contributed by atoms with Gasteiger partial charge in [-0.1, -0.05) is 36.4 Å². The molecule has 2 aliphatic rings. The van der Waals surface area contributed by atoms with Gasteiger partial charge in [-0.2, -0.15) is 5.10 Å². The summed E-state index contributed by atoms with van der Waals surface area (Å²) in [5.74, 6) is -3.29. The Labute approximate surface area is 163 Å². The lowest BCUT2D eigenvalue weighted by Gasteiger charge is -2.15. The van der Waals surface area contributed by atoms with Crippen molar-refractivity contribution in [2.45, 2.75) is 12.6 Å². The molecule has 2 aliphatic heterocycles. The number of imide groups is 1. The number of nitro groups is 1. The van der Waals surface area contributed by atoms with Crippen molar-refractivity contribution < 1.29 is 24.0 Å². The van der Waals surface area contributed by atoms with Crippen LogP contribution in [0, 0.1) is 16.0 Å². The predicted octanol–water partition coefficient (Wildman–Crippen LogP) is 1.16. The van der Waals surface area contributed by atoms with E-state index in [1.54, 1.807) is 24.3 Å². The molecule has 1 N–H and O–H groups in total. The van der Waals surface area contributed by atoms with E-state index in [2.05, 4.69) is 10.5 Å². The number of nitrogens with zero attached hydrogens (tertiary/aromatic N) is 3. The molecule has 2 aromatic rings. The maximum absolute atomic E-state index is 12.9. The van der Waals surface area contributed by atoms with Gasteiger partial charge in [-0.05, 0) is 11.6 Å². The molecule has 0 saturated carbocycles. The first kappa shape index (κ1) is 18.3. The third-order valence-corrected chi connectivity index (χ3v) is 4.65. The number of benzene rings is 2. The first-order valence-corrected chi connectivity index (χ1v) is 8.64. The maximum Gasteiger partial charge on any atom is 0.355 e. The van der Waals surface area contributed by atoms with Gasteiger partial charge < -0.3 is 4.74 Å². The molecule has 10 nitrogen and oxygen atoms in total. The first-order valence-electron chi connectivity index (χ1n) is 8.64. The zero-order valence-corrected chi connectivity index (χ0v) is 14.8. The Bertz CT molecular complexity index is 1050. The van der Waals surface area contributed by atoms with Gasteiger partial charge in [0.15, 0.2) is 5.71 Å². The molecule has 4 rings (SSSR count). The highest BCUT2D eigenvalue weighted by atomic mass is 16.6. The Morgan fingerprint density at radius 2 is 1.90 bits per heavy atom. The fourth-order valence-corrected chi connectivity index (χ4v) is 3.25. The second-order valence-electron chi connectivity index (χ2n) is 6.43. The molecule has 2 atom stereocenters. The van der Waals surface area contributed by atoms with Crippen molar-refractivity contribution in [3.8, 4) is 0 Å². The predicted molar refractivity (Wildman–Crippen MR) is 99.7 cm³/mol. The number of carbonyl (C=O) groups is 3. The minimum Gasteiger partial charge on any atom is -0.456 e. The number of hydrogen-bond donors (Lipinski definition) is 1. The van der Waals surface area contributed by atoms with Crippen LogP contribution in [-0.2, 0) is 25.7 Å². The van der Waals surface area contributed by atoms with Crippen LogP contribution in [0.3, 0.4) is 0 Å². The number of fused-ring (bicyclic) bond motifs is 1. The minimum absolute atomic E-state index is 0.00713. The summed E-state index contributed by atoms with van der Waals surface area (Å²) in [5, 5.41) is 14.8. The van der Waals surface area contributed by atoms with Crippen molar-refractivity contribution in [3.63, 3.8) is 0 Å². The first-order chi connectivity index (χ1) is 14.0. The Morgan fingerprint density at radius 3 is 2.62 bits per heavy atom. The largest absolute Gasteiger partial charge is 0.456 e. The summed E-state index contributed by atoms with van der Waals surface area (Å²) in [6.45, 7) is -0.00713. The van der Waals surface area contributed by atoms with E-state index in [0.29, 0.717) is 0 Å². The fraction of sp³-hybridized carbons (Fsp3) is 0.158. The molecule has 2 heterocycles. The number of rotatable bonds is 5. The summed E-state index contributed by atoms with van der Waals surface area (Å²) in [6.07, 6.45) is 0. The van der Waals surface area contributed by atoms with Crippen LogP contribution < -0.4 is 10.3 Å². The lowest BCUT2D eigenvalue weighted by molar-refractivity contribution is -0.384. The summed E-state index contributed by atoms with van der Waals surface area (Å²) in [4.78, 5) is 49.2. The highest BCUT2D eigenvalue weighted by molar-refractivity contribution is 6.46. The van der Waals surface area contributed by atoms with Gasteiger partial charge in [0.1, 0.15) is 18.6 Å². The van der Waals surface area contributed by atoms with Crippen LogP contribution in [0.4, 0.5) is 11.4 Å². The third-order valence-electron chi connectivity index (χ3n) is 4.65. The van der Waals surface area contributed by atoms with Crippen molar-refractivity contribution in [1.82, 2.24) is 5.43 Å². The molecule has 0 spiro atoms. The number of nitrogens with one attached hydrogen (secondary N) is 1. The molecule has 1 fully saturated rings. The van der Waals surface area contributed by atoms with E-state index < -0.39 is 34.7 Å². The Morgan fingerprint density at radius 1 is 1.14 bits per heavy atom. The smallest absolute Gasteiger partial charge is 0.355 e. The lowest BCUT2D eigenvalue weighted by atomic mass is 9.99. The van der Waals surface area contributed by atoms with E-state index in [1.807, 2.05) is 6.07 Å². The van der Waals surface area contributed by atoms with Gasteiger partial charge in [-0.15, -0.1) is 0 Å². The Hall–Kier alpha value is -4.08. The van der Waals surface area contributed by atoms with E-state index in [-0.39, 0.29) is 23.7 Å². The number of anilines is 1. The van der Waals surface area contributed by atoms with Gasteiger partial charge in [-0.3, -0.25) is 25.1 Å². The second-order valence-corrected chi connectivity index (χ2v) is 6.43. The number of hydrogen-bond acceptors (Lipinski definition) is 8. The monoisotopic (exact) mass is 394 g/mol. The molecule has 146 valence electrons. The quantitative estimate of drug-likeness (QED) is 0.348. The maximum atomic E-state index is 12.9. The highest BCUT2D eigenvalue weighted by Crippen LogP contribution is 2.32. The van der Waals surface area contributed by atoms with Crippen molar-refractivity contribution in [2.24, 2.45) is 11.0 Å². The average molecular weight is 394 g/mol. The molecule has 0 bridgehead atoms. The van der Waals surface area contributed by atoms with E-state index in [1.165, 1.54) is 18.2 Å². The standard InChI is InChI=1S/C19H14N4O6/c24-17-14-15(18(25)22(17)12-7-4-8-13(9-12)23(27)28)20-21-16(14)19(26)29-10-11-5-2-1-3-6-11/h1-9,14-15,20H,10H2/t14-,15-/m0/s1. The van der Waals surface area contributed by atoms with Crippen LogP contribution in [0.5, 0.6) is 0 Å². The van der Waals surface area contributed by atoms with Crippen molar-refractivity contribution in [1.29, 1.82) is 0 Å². The summed E-state index contributed by atoms with van der Waals surface area (Å²) >= 11 is 0. The number of hydrazone groups is 1. The third kappa shape index (κ3) is 3.20. The van der Waals surface area contributed by atoms with E-state index in [0.717, 1.165) is 16.5 Å². The summed E-state index contributed by atoms with van der Waals surface area (Å²) in [7, 11) is 0. The number of ether oxygens (including phenoxy) is 1. The van der Waals surface area contributed by atoms with Crippen molar-refractivity contribution >= 4 is 34.9 Å². The Balaban J connectivity index is 1.53. The van der Waals surface area contributed by atoms with Gasteiger partial charge in [0, 0.05) is 12.1 Å². The molecule has 0 unspecified atom stereocenters. The topological polar surface area (TPSA) is 131 Å². The van der Waals surface area contributed by atoms with E-state index >= 15 is 0 Å². The summed E-state index contributed by atoms with van der Waals surface area (Å²) < 4.78 is 5.21. The van der Waals surface area contributed by atoms with E-state index in [4.69, 9.17) is 4.74 Å². The van der Waals surface area contributed by atoms with Crippen LogP contribution in [0.15, 0.2) is 59.7 Å². The van der Waals surface area contributed by atoms with E-state index in [9.17, 15) is 24.5 Å². The van der Waals surface area contributed by atoms with Crippen LogP contribution in [0.25, 0.3) is 0 Å². The fourth-order valence-electron chi connectivity index (χ4n) is 3.25. The SMILES string of the molecule is O=C(OCc1ccccc1)C1=NN[C@@H]2C(=O)N(c3cccc([N+](=O)[O-])c3)C(=O)[C@H]12. The number of non-ortho nitro benzene ring substituents is 1. The molecule has 2 aromatic carbocycles. The number of amides is 2. The van der Waals surface area contributed by atoms with Crippen LogP contribution in [-0.4, -0.2) is 34.5 Å². The number of nitro benzene ring substituents is 1. The number of carbonyl (C=O) groups excluding carboxylic acids is 3. The second kappa shape index (κ2) is 7.15. The Kier molecular flexibility index (Phi) is 4.51. The molecule has 0 aliphatic carbocycles. The number of esters is 1. The summed E-state index contributed by atoms with van der Waals surface area (Å²) in [6, 6.07) is 13.1. The van der Waals surface area contributed by atoms with Crippen molar-refractivity contribution in [3.05, 3.63) is 70.3 Å². The zero-order chi connectivity index (χ0) is 20.5. The molecule has 0 aromatic heterocycles. The molecule has 29 heavy (non-hydrogen) atoms. The summed E-state index contributed by atoms with van der Waals surface area (Å²) in [5.41, 5.74) is 2.87. The van der Waals surface area contributed by atoms with Crippen LogP contribution >= 0.6 is 0 Å². The highest BCUT2D eigenvalue weighted by Gasteiger charge is 2.55. The minimum atomic E-state index is -1.15. The molecule has 2 amide bonds. The normalized spacial score (nSPS) is 20.1. The van der Waals surface area contributed by atoms with Crippen LogP contribution in [0.1, 0.15) is 5.56 Å². The molecule has 1 saturated heterocycles. The molecular weight excluding hydrogens is 380 g/mol. The zero-order valence-electron chi connectivity index (χ0n) is 14.8. The molecule has 10 heteroatoms. The van der Waals surface area contributed by atoms with Crippen molar-refractivity contribution in [2.75, 3.05) is 4.90 Å². The molecule has 0 radical (unpaired) electrons. The van der Waals surface area contributed by atoms with Gasteiger partial charge in [0.2, 0.25) is 5.91 Å². The van der Waals surface area contributed by atoms with Gasteiger partial charge in [0.25, 0.3) is 11.6 Å². The van der Waals surface area contributed by atoms with Crippen LogP contribution in [0.2, 0.25) is 0 Å². The lowest BCUT2D eigenvalue weighted by Crippen LogP contribution is -2.36. The average Bonchev–Trinajstić information content (AvgIpc) is 3.27. The van der Waals surface area contributed by atoms with Gasteiger partial charge >= 0.3 is 5.97 Å². The van der Waals surface area contributed by atoms with Gasteiger partial charge in [0.05, 0.1) is 10.6 Å². The molecular formula is C19H14N4O6.